The molecule has 2 nitrogen and oxygen atoms in total. The van der Waals surface area contributed by atoms with Crippen molar-refractivity contribution >= 4 is 23.4 Å². The van der Waals surface area contributed by atoms with E-state index in [0.29, 0.717) is 6.04 Å². The molecule has 0 saturated heterocycles. The Morgan fingerprint density at radius 1 is 1.33 bits per heavy atom. The van der Waals surface area contributed by atoms with Crippen LogP contribution in [0, 0.1) is 0 Å². The molecule has 2 rings (SSSR count). The number of para-hydroxylation sites is 2. The van der Waals surface area contributed by atoms with Gasteiger partial charge in [-0.2, -0.15) is 0 Å². The van der Waals surface area contributed by atoms with E-state index >= 15 is 0 Å². The molecular weight excluding hydrogens is 208 g/mol. The molecule has 82 valence electrons. The molecule has 0 aliphatic heterocycles. The van der Waals surface area contributed by atoms with Crippen LogP contribution in [0.1, 0.15) is 32.7 Å². The fourth-order valence-corrected chi connectivity index (χ4v) is 1.89. The van der Waals surface area contributed by atoms with Crippen LogP contribution in [0.3, 0.4) is 0 Å². The topological polar surface area (TPSA) is 17.8 Å². The van der Waals surface area contributed by atoms with E-state index in [9.17, 15) is 0 Å². The molecule has 1 atom stereocenters. The highest BCUT2D eigenvalue weighted by atomic mass is 35.5. The van der Waals surface area contributed by atoms with Gasteiger partial charge in [-0.05, 0) is 25.5 Å². The Hall–Kier alpha value is -1.02. The van der Waals surface area contributed by atoms with Gasteiger partial charge < -0.3 is 4.57 Å². The standard InChI is InChI=1S/C12H16N2.ClH/c1-3-6-10(2)14-9-13-11-7-4-5-8-12(11)14;/h4-5,7-10H,3,6H2,1-2H3;1H. The molecule has 3 heteroatoms. The second kappa shape index (κ2) is 5.17. The van der Waals surface area contributed by atoms with Gasteiger partial charge in [-0.25, -0.2) is 4.98 Å². The van der Waals surface area contributed by atoms with Crippen LogP contribution in [0.2, 0.25) is 0 Å². The molecule has 2 aromatic rings. The minimum absolute atomic E-state index is 0. The molecule has 1 unspecified atom stereocenters. The number of hydrogen-bond acceptors (Lipinski definition) is 1. The molecule has 0 radical (unpaired) electrons. The van der Waals surface area contributed by atoms with Gasteiger partial charge in [0, 0.05) is 6.04 Å². The zero-order valence-corrected chi connectivity index (χ0v) is 10.00. The van der Waals surface area contributed by atoms with Crippen molar-refractivity contribution in [1.29, 1.82) is 0 Å². The molecule has 0 bridgehead atoms. The second-order valence-corrected chi connectivity index (χ2v) is 3.78. The van der Waals surface area contributed by atoms with Crippen molar-refractivity contribution < 1.29 is 0 Å². The van der Waals surface area contributed by atoms with Crippen LogP contribution in [0.4, 0.5) is 0 Å². The third-order valence-corrected chi connectivity index (χ3v) is 2.66. The van der Waals surface area contributed by atoms with Gasteiger partial charge in [0.05, 0.1) is 17.4 Å². The van der Waals surface area contributed by atoms with Crippen LogP contribution in [0.25, 0.3) is 11.0 Å². The lowest BCUT2D eigenvalue weighted by atomic mass is 10.2. The van der Waals surface area contributed by atoms with Crippen LogP contribution in [-0.2, 0) is 0 Å². The summed E-state index contributed by atoms with van der Waals surface area (Å²) in [4.78, 5) is 4.38. The van der Waals surface area contributed by atoms with Crippen LogP contribution >= 0.6 is 12.4 Å². The summed E-state index contributed by atoms with van der Waals surface area (Å²) in [6.45, 7) is 4.47. The highest BCUT2D eigenvalue weighted by Gasteiger charge is 2.06. The zero-order valence-electron chi connectivity index (χ0n) is 9.18. The number of fused-ring (bicyclic) bond motifs is 1. The van der Waals surface area contributed by atoms with Crippen molar-refractivity contribution in [2.45, 2.75) is 32.7 Å². The average Bonchev–Trinajstić information content (AvgIpc) is 2.61. The van der Waals surface area contributed by atoms with Crippen molar-refractivity contribution in [2.24, 2.45) is 0 Å². The van der Waals surface area contributed by atoms with Crippen LogP contribution in [0.15, 0.2) is 30.6 Å². The van der Waals surface area contributed by atoms with Gasteiger partial charge in [-0.3, -0.25) is 0 Å². The Balaban J connectivity index is 0.00000112. The van der Waals surface area contributed by atoms with Gasteiger partial charge in [-0.1, -0.05) is 25.5 Å². The monoisotopic (exact) mass is 224 g/mol. The van der Waals surface area contributed by atoms with E-state index in [1.807, 2.05) is 12.4 Å². The molecule has 0 aliphatic rings. The number of hydrogen-bond donors (Lipinski definition) is 0. The lowest BCUT2D eigenvalue weighted by Gasteiger charge is -2.12. The van der Waals surface area contributed by atoms with Gasteiger partial charge in [-0.15, -0.1) is 12.4 Å². The van der Waals surface area contributed by atoms with Crippen LogP contribution in [0.5, 0.6) is 0 Å². The first-order chi connectivity index (χ1) is 6.83. The number of imidazole rings is 1. The van der Waals surface area contributed by atoms with Crippen LogP contribution in [-0.4, -0.2) is 9.55 Å². The highest BCUT2D eigenvalue weighted by molar-refractivity contribution is 5.85. The predicted molar refractivity (Wildman–Crippen MR) is 66.6 cm³/mol. The Morgan fingerprint density at radius 2 is 2.07 bits per heavy atom. The lowest BCUT2D eigenvalue weighted by Crippen LogP contribution is -2.02. The second-order valence-electron chi connectivity index (χ2n) is 3.78. The van der Waals surface area contributed by atoms with Gasteiger partial charge in [0.15, 0.2) is 0 Å². The molecule has 0 fully saturated rings. The van der Waals surface area contributed by atoms with E-state index in [2.05, 4.69) is 41.6 Å². The van der Waals surface area contributed by atoms with Crippen molar-refractivity contribution in [3.63, 3.8) is 0 Å². The van der Waals surface area contributed by atoms with E-state index in [-0.39, 0.29) is 12.4 Å². The van der Waals surface area contributed by atoms with E-state index in [0.717, 1.165) is 5.52 Å². The number of halogens is 1. The third kappa shape index (κ3) is 2.32. The normalized spacial score (nSPS) is 12.4. The molecular formula is C12H17ClN2. The summed E-state index contributed by atoms with van der Waals surface area (Å²) in [5.41, 5.74) is 2.34. The summed E-state index contributed by atoms with van der Waals surface area (Å²) in [7, 11) is 0. The minimum Gasteiger partial charge on any atom is -0.328 e. The Morgan fingerprint density at radius 3 is 2.80 bits per heavy atom. The summed E-state index contributed by atoms with van der Waals surface area (Å²) < 4.78 is 2.26. The minimum atomic E-state index is 0. The van der Waals surface area contributed by atoms with Gasteiger partial charge in [0.1, 0.15) is 0 Å². The molecule has 15 heavy (non-hydrogen) atoms. The molecule has 0 aliphatic carbocycles. The first-order valence-corrected chi connectivity index (χ1v) is 5.24. The number of aromatic nitrogens is 2. The third-order valence-electron chi connectivity index (χ3n) is 2.66. The smallest absolute Gasteiger partial charge is 0.0960 e. The summed E-state index contributed by atoms with van der Waals surface area (Å²) in [6.07, 6.45) is 4.37. The first-order valence-electron chi connectivity index (χ1n) is 5.24. The van der Waals surface area contributed by atoms with E-state index in [4.69, 9.17) is 0 Å². The van der Waals surface area contributed by atoms with Crippen LogP contribution < -0.4 is 0 Å². The largest absolute Gasteiger partial charge is 0.328 e. The zero-order chi connectivity index (χ0) is 9.97. The Labute approximate surface area is 96.7 Å². The average molecular weight is 225 g/mol. The van der Waals surface area contributed by atoms with Crippen molar-refractivity contribution in [2.75, 3.05) is 0 Å². The molecule has 1 aromatic carbocycles. The Kier molecular flexibility index (Phi) is 4.15. The fourth-order valence-electron chi connectivity index (χ4n) is 1.89. The van der Waals surface area contributed by atoms with Gasteiger partial charge in [0.2, 0.25) is 0 Å². The maximum Gasteiger partial charge on any atom is 0.0960 e. The quantitative estimate of drug-likeness (QED) is 0.775. The first kappa shape index (κ1) is 12.1. The van der Waals surface area contributed by atoms with Crippen molar-refractivity contribution in [3.05, 3.63) is 30.6 Å². The predicted octanol–water partition coefficient (Wildman–Crippen LogP) is 3.82. The number of rotatable bonds is 3. The van der Waals surface area contributed by atoms with Gasteiger partial charge >= 0.3 is 0 Å². The lowest BCUT2D eigenvalue weighted by molar-refractivity contribution is 0.512. The molecule has 0 amide bonds. The van der Waals surface area contributed by atoms with E-state index in [1.165, 1.54) is 18.4 Å². The van der Waals surface area contributed by atoms with Crippen molar-refractivity contribution in [1.82, 2.24) is 9.55 Å². The highest BCUT2D eigenvalue weighted by Crippen LogP contribution is 2.20. The maximum absolute atomic E-state index is 4.38. The van der Waals surface area contributed by atoms with Crippen molar-refractivity contribution in [3.8, 4) is 0 Å². The SMILES string of the molecule is CCCC(C)n1cnc2ccccc21.Cl. The number of nitrogens with zero attached hydrogens (tertiary/aromatic N) is 2. The summed E-state index contributed by atoms with van der Waals surface area (Å²) in [6, 6.07) is 8.84. The molecule has 1 heterocycles. The summed E-state index contributed by atoms with van der Waals surface area (Å²) in [5, 5.41) is 0. The summed E-state index contributed by atoms with van der Waals surface area (Å²) >= 11 is 0. The molecule has 0 N–H and O–H groups in total. The molecule has 0 spiro atoms. The maximum atomic E-state index is 4.38. The van der Waals surface area contributed by atoms with E-state index in [1.54, 1.807) is 0 Å². The Bertz CT molecular complexity index is 422. The van der Waals surface area contributed by atoms with Gasteiger partial charge in [0.25, 0.3) is 0 Å². The fraction of sp³-hybridized carbons (Fsp3) is 0.417. The number of benzene rings is 1. The molecule has 1 aromatic heterocycles. The molecule has 0 saturated carbocycles. The summed E-state index contributed by atoms with van der Waals surface area (Å²) in [5.74, 6) is 0. The van der Waals surface area contributed by atoms with E-state index < -0.39 is 0 Å².